The van der Waals surface area contributed by atoms with Gasteiger partial charge >= 0.3 is 0 Å². The summed E-state index contributed by atoms with van der Waals surface area (Å²) in [5, 5.41) is 5.00. The molecule has 0 atom stereocenters. The summed E-state index contributed by atoms with van der Waals surface area (Å²) >= 11 is 5.96. The maximum absolute atomic E-state index is 12.8. The number of halogens is 1. The van der Waals surface area contributed by atoms with Gasteiger partial charge < -0.3 is 0 Å². The molecule has 3 heterocycles. The largest absolute Gasteiger partial charge is 0.237 e. The van der Waals surface area contributed by atoms with Crippen LogP contribution in [-0.4, -0.2) is 33.9 Å². The summed E-state index contributed by atoms with van der Waals surface area (Å²) in [6.07, 6.45) is 2.37. The van der Waals surface area contributed by atoms with Gasteiger partial charge in [0.2, 0.25) is 10.0 Å². The Kier molecular flexibility index (Phi) is 4.02. The van der Waals surface area contributed by atoms with Crippen molar-refractivity contribution in [2.45, 2.75) is 25.6 Å². The molecule has 130 valence electrons. The Hall–Kier alpha value is -1.96. The first-order valence-electron chi connectivity index (χ1n) is 7.98. The molecule has 4 rings (SSSR count). The third-order valence-electron chi connectivity index (χ3n) is 4.37. The molecule has 0 unspecified atom stereocenters. The fourth-order valence-electron chi connectivity index (χ4n) is 3.20. The van der Waals surface area contributed by atoms with Crippen molar-refractivity contribution in [3.63, 3.8) is 0 Å². The van der Waals surface area contributed by atoms with Crippen LogP contribution in [0.1, 0.15) is 22.5 Å². The van der Waals surface area contributed by atoms with Crippen LogP contribution in [0.4, 0.5) is 0 Å². The molecular weight excluding hydrogens is 360 g/mol. The van der Waals surface area contributed by atoms with E-state index in [1.54, 1.807) is 30.5 Å². The Morgan fingerprint density at radius 3 is 2.92 bits per heavy atom. The summed E-state index contributed by atoms with van der Waals surface area (Å²) in [7, 11) is -3.43. The van der Waals surface area contributed by atoms with Crippen molar-refractivity contribution in [3.05, 3.63) is 64.1 Å². The average Bonchev–Trinajstić information content (AvgIpc) is 2.94. The third kappa shape index (κ3) is 3.15. The van der Waals surface area contributed by atoms with Crippen molar-refractivity contribution < 1.29 is 8.42 Å². The number of benzene rings is 1. The molecule has 0 bridgehead atoms. The van der Waals surface area contributed by atoms with Gasteiger partial charge in [0.05, 0.1) is 17.1 Å². The second-order valence-electron chi connectivity index (χ2n) is 6.26. The lowest BCUT2D eigenvalue weighted by Crippen LogP contribution is -2.37. The van der Waals surface area contributed by atoms with E-state index < -0.39 is 10.0 Å². The van der Waals surface area contributed by atoms with Crippen LogP contribution in [0, 0.1) is 6.92 Å². The lowest BCUT2D eigenvalue weighted by Gasteiger charge is -2.28. The number of hydrogen-bond donors (Lipinski definition) is 0. The van der Waals surface area contributed by atoms with Gasteiger partial charge in [-0.3, -0.25) is 0 Å². The highest BCUT2D eigenvalue weighted by Gasteiger charge is 2.28. The first-order valence-corrected chi connectivity index (χ1v) is 9.96. The van der Waals surface area contributed by atoms with Gasteiger partial charge in [0, 0.05) is 42.4 Å². The SMILES string of the molecule is Cc1cc2ncc3c(n2n1)CCN(S(=O)(=O)Cc1cccc(Cl)c1)C3. The van der Waals surface area contributed by atoms with E-state index in [1.165, 1.54) is 4.31 Å². The standard InChI is InChI=1S/C17H17ClN4O2S/c1-12-7-17-19-9-14-10-21(6-5-16(14)22(17)20-12)25(23,24)11-13-3-2-4-15(18)8-13/h2-4,7-9H,5-6,10-11H2,1H3. The van der Waals surface area contributed by atoms with Crippen LogP contribution in [-0.2, 0) is 28.7 Å². The van der Waals surface area contributed by atoms with Gasteiger partial charge in [-0.1, -0.05) is 23.7 Å². The van der Waals surface area contributed by atoms with E-state index in [0.29, 0.717) is 30.1 Å². The summed E-state index contributed by atoms with van der Waals surface area (Å²) < 4.78 is 28.9. The highest BCUT2D eigenvalue weighted by molar-refractivity contribution is 7.88. The maximum Gasteiger partial charge on any atom is 0.218 e. The second kappa shape index (κ2) is 6.09. The molecule has 8 heteroatoms. The lowest BCUT2D eigenvalue weighted by molar-refractivity contribution is 0.383. The molecule has 1 aromatic carbocycles. The number of aromatic nitrogens is 3. The number of sulfonamides is 1. The second-order valence-corrected chi connectivity index (χ2v) is 8.66. The zero-order valence-corrected chi connectivity index (χ0v) is 15.3. The van der Waals surface area contributed by atoms with Gasteiger partial charge in [-0.2, -0.15) is 9.40 Å². The predicted octanol–water partition coefficient (Wildman–Crippen LogP) is 2.58. The monoisotopic (exact) mass is 376 g/mol. The van der Waals surface area contributed by atoms with E-state index in [0.717, 1.165) is 22.6 Å². The predicted molar refractivity (Wildman–Crippen MR) is 95.9 cm³/mol. The van der Waals surface area contributed by atoms with Crippen LogP contribution in [0.2, 0.25) is 5.02 Å². The number of fused-ring (bicyclic) bond motifs is 3. The molecule has 2 aromatic heterocycles. The van der Waals surface area contributed by atoms with E-state index in [-0.39, 0.29) is 5.75 Å². The van der Waals surface area contributed by atoms with Crippen molar-refractivity contribution in [2.24, 2.45) is 0 Å². The quantitative estimate of drug-likeness (QED) is 0.704. The summed E-state index contributed by atoms with van der Waals surface area (Å²) in [6.45, 7) is 2.68. The van der Waals surface area contributed by atoms with E-state index in [1.807, 2.05) is 17.5 Å². The molecule has 0 saturated heterocycles. The summed E-state index contributed by atoms with van der Waals surface area (Å²) in [5.74, 6) is -0.0561. The van der Waals surface area contributed by atoms with Crippen molar-refractivity contribution >= 4 is 27.3 Å². The van der Waals surface area contributed by atoms with Gasteiger partial charge in [0.25, 0.3) is 0 Å². The molecule has 0 aliphatic carbocycles. The van der Waals surface area contributed by atoms with Gasteiger partial charge in [-0.25, -0.2) is 17.9 Å². The number of rotatable bonds is 3. The molecule has 0 fully saturated rings. The fourth-order valence-corrected chi connectivity index (χ4v) is 4.90. The van der Waals surface area contributed by atoms with Gasteiger partial charge in [-0.05, 0) is 24.6 Å². The number of aryl methyl sites for hydroxylation is 1. The van der Waals surface area contributed by atoms with Crippen LogP contribution in [0.25, 0.3) is 5.65 Å². The highest BCUT2D eigenvalue weighted by atomic mass is 35.5. The Balaban J connectivity index is 1.62. The molecule has 1 aliphatic rings. The highest BCUT2D eigenvalue weighted by Crippen LogP contribution is 2.24. The van der Waals surface area contributed by atoms with Crippen molar-refractivity contribution in [1.82, 2.24) is 18.9 Å². The zero-order chi connectivity index (χ0) is 17.6. The van der Waals surface area contributed by atoms with Gasteiger partial charge in [0.1, 0.15) is 0 Å². The molecule has 3 aromatic rings. The first-order chi connectivity index (χ1) is 11.9. The van der Waals surface area contributed by atoms with Crippen molar-refractivity contribution in [2.75, 3.05) is 6.54 Å². The van der Waals surface area contributed by atoms with Crippen LogP contribution in [0.15, 0.2) is 36.5 Å². The van der Waals surface area contributed by atoms with Gasteiger partial charge in [0.15, 0.2) is 5.65 Å². The minimum Gasteiger partial charge on any atom is -0.237 e. The molecule has 0 N–H and O–H groups in total. The normalized spacial score (nSPS) is 15.4. The number of hydrogen-bond acceptors (Lipinski definition) is 4. The molecule has 0 radical (unpaired) electrons. The smallest absolute Gasteiger partial charge is 0.218 e. The molecule has 6 nitrogen and oxygen atoms in total. The topological polar surface area (TPSA) is 67.6 Å². The van der Waals surface area contributed by atoms with Crippen LogP contribution in [0.3, 0.4) is 0 Å². The zero-order valence-electron chi connectivity index (χ0n) is 13.7. The molecule has 25 heavy (non-hydrogen) atoms. The van der Waals surface area contributed by atoms with Crippen LogP contribution >= 0.6 is 11.6 Å². The Bertz CT molecular complexity index is 1060. The third-order valence-corrected chi connectivity index (χ3v) is 6.40. The van der Waals surface area contributed by atoms with Gasteiger partial charge in [-0.15, -0.1) is 0 Å². The molecular formula is C17H17ClN4O2S. The van der Waals surface area contributed by atoms with Crippen LogP contribution < -0.4 is 0 Å². The molecule has 1 aliphatic heterocycles. The average molecular weight is 377 g/mol. The van der Waals surface area contributed by atoms with Crippen molar-refractivity contribution in [1.29, 1.82) is 0 Å². The lowest BCUT2D eigenvalue weighted by atomic mass is 10.1. The summed E-state index contributed by atoms with van der Waals surface area (Å²) in [4.78, 5) is 4.39. The van der Waals surface area contributed by atoms with E-state index in [4.69, 9.17) is 11.6 Å². The first kappa shape index (κ1) is 16.5. The molecule has 0 spiro atoms. The minimum atomic E-state index is -3.43. The maximum atomic E-state index is 12.8. The fraction of sp³-hybridized carbons (Fsp3) is 0.294. The van der Waals surface area contributed by atoms with Crippen molar-refractivity contribution in [3.8, 4) is 0 Å². The summed E-state index contributed by atoms with van der Waals surface area (Å²) in [6, 6.07) is 8.88. The Morgan fingerprint density at radius 2 is 2.12 bits per heavy atom. The number of nitrogens with zero attached hydrogens (tertiary/aromatic N) is 4. The van der Waals surface area contributed by atoms with E-state index >= 15 is 0 Å². The van der Waals surface area contributed by atoms with E-state index in [2.05, 4.69) is 10.1 Å². The van der Waals surface area contributed by atoms with Crippen LogP contribution in [0.5, 0.6) is 0 Å². The summed E-state index contributed by atoms with van der Waals surface area (Å²) in [5.41, 5.74) is 4.32. The van der Waals surface area contributed by atoms with E-state index in [9.17, 15) is 8.42 Å². The minimum absolute atomic E-state index is 0.0561. The Labute approximate surface area is 151 Å². The molecule has 0 amide bonds. The Morgan fingerprint density at radius 1 is 1.28 bits per heavy atom. The molecule has 0 saturated carbocycles.